The summed E-state index contributed by atoms with van der Waals surface area (Å²) >= 11 is 0. The number of hydrogen-bond donors (Lipinski definition) is 1. The fourth-order valence-electron chi connectivity index (χ4n) is 5.05. The molecule has 27 heavy (non-hydrogen) atoms. The highest BCUT2D eigenvalue weighted by Gasteiger charge is 2.46. The number of Topliss-reactive ketones (excluding diaryl/α,β-unsaturated/α-hetero) is 1. The van der Waals surface area contributed by atoms with E-state index in [1.54, 1.807) is 12.1 Å². The van der Waals surface area contributed by atoms with Gasteiger partial charge in [0.25, 0.3) is 0 Å². The number of aryl methyl sites for hydroxylation is 1. The zero-order valence-corrected chi connectivity index (χ0v) is 15.9. The van der Waals surface area contributed by atoms with Crippen LogP contribution in [0.4, 0.5) is 0 Å². The van der Waals surface area contributed by atoms with Gasteiger partial charge >= 0.3 is 0 Å². The van der Waals surface area contributed by atoms with E-state index in [0.29, 0.717) is 30.1 Å². The second kappa shape index (κ2) is 6.95. The van der Waals surface area contributed by atoms with Crippen LogP contribution in [0, 0.1) is 31.1 Å². The number of nitriles is 1. The Balaban J connectivity index is 1.58. The lowest BCUT2D eigenvalue weighted by Crippen LogP contribution is -2.36. The smallest absolute Gasteiger partial charge is 0.178 e. The largest absolute Gasteiger partial charge is 0.396 e. The van der Waals surface area contributed by atoms with E-state index in [1.165, 1.54) is 0 Å². The average Bonchev–Trinajstić information content (AvgIpc) is 3.32. The molecule has 3 heterocycles. The fourth-order valence-corrected chi connectivity index (χ4v) is 5.05. The maximum absolute atomic E-state index is 13.1. The number of rotatable bonds is 5. The molecule has 1 aromatic heterocycles. The molecule has 2 bridgehead atoms. The van der Waals surface area contributed by atoms with Gasteiger partial charge in [-0.05, 0) is 69.4 Å². The summed E-state index contributed by atoms with van der Waals surface area (Å²) in [5.74, 6) is 0.473. The van der Waals surface area contributed by atoms with E-state index in [-0.39, 0.29) is 12.4 Å². The molecule has 1 aromatic carbocycles. The molecule has 3 atom stereocenters. The lowest BCUT2D eigenvalue weighted by atomic mass is 9.90. The molecule has 0 radical (unpaired) electrons. The molecule has 2 aliphatic heterocycles. The van der Waals surface area contributed by atoms with E-state index in [9.17, 15) is 9.90 Å². The number of ketones is 1. The highest BCUT2D eigenvalue weighted by atomic mass is 16.3. The monoisotopic (exact) mass is 363 g/mol. The molecule has 2 saturated heterocycles. The van der Waals surface area contributed by atoms with Gasteiger partial charge in [-0.2, -0.15) is 5.26 Å². The summed E-state index contributed by atoms with van der Waals surface area (Å²) in [5, 5.41) is 18.6. The topological polar surface area (TPSA) is 69.3 Å². The van der Waals surface area contributed by atoms with Gasteiger partial charge in [0.1, 0.15) is 0 Å². The third-order valence-electron chi connectivity index (χ3n) is 6.36. The molecule has 140 valence electrons. The summed E-state index contributed by atoms with van der Waals surface area (Å²) < 4.78 is 2.07. The molecule has 2 aliphatic rings. The molecule has 0 amide bonds. The first-order valence-corrected chi connectivity index (χ1v) is 9.62. The van der Waals surface area contributed by atoms with Crippen molar-refractivity contribution in [3.05, 3.63) is 52.8 Å². The van der Waals surface area contributed by atoms with E-state index < -0.39 is 0 Å². The molecule has 0 aliphatic carbocycles. The van der Waals surface area contributed by atoms with Gasteiger partial charge in [0.2, 0.25) is 0 Å². The molecular weight excluding hydrogens is 338 g/mol. The Labute approximate surface area is 159 Å². The number of aromatic nitrogens is 1. The summed E-state index contributed by atoms with van der Waals surface area (Å²) in [7, 11) is 0. The minimum Gasteiger partial charge on any atom is -0.396 e. The van der Waals surface area contributed by atoms with Crippen molar-refractivity contribution >= 4 is 5.78 Å². The predicted octanol–water partition coefficient (Wildman–Crippen LogP) is 2.99. The van der Waals surface area contributed by atoms with Crippen LogP contribution < -0.4 is 0 Å². The van der Waals surface area contributed by atoms with Gasteiger partial charge in [-0.3, -0.25) is 9.69 Å². The van der Waals surface area contributed by atoms with Crippen LogP contribution in [-0.4, -0.2) is 45.6 Å². The van der Waals surface area contributed by atoms with Crippen LogP contribution in [0.3, 0.4) is 0 Å². The van der Waals surface area contributed by atoms with Gasteiger partial charge in [-0.1, -0.05) is 0 Å². The van der Waals surface area contributed by atoms with Gasteiger partial charge in [0, 0.05) is 41.3 Å². The summed E-state index contributed by atoms with van der Waals surface area (Å²) in [6, 6.07) is 12.3. The van der Waals surface area contributed by atoms with Crippen molar-refractivity contribution in [2.24, 2.45) is 5.92 Å². The summed E-state index contributed by atoms with van der Waals surface area (Å²) in [4.78, 5) is 15.4. The lowest BCUT2D eigenvalue weighted by Gasteiger charge is -2.22. The van der Waals surface area contributed by atoms with E-state index in [4.69, 9.17) is 5.26 Å². The van der Waals surface area contributed by atoms with E-state index in [1.807, 2.05) is 32.0 Å². The number of hydrogen-bond acceptors (Lipinski definition) is 4. The Kier molecular flexibility index (Phi) is 4.63. The van der Waals surface area contributed by atoms with Gasteiger partial charge < -0.3 is 9.67 Å². The van der Waals surface area contributed by atoms with Crippen LogP contribution in [0.2, 0.25) is 0 Å². The number of carbonyl (C=O) groups is 1. The molecule has 5 heteroatoms. The third kappa shape index (κ3) is 2.99. The summed E-state index contributed by atoms with van der Waals surface area (Å²) in [6.45, 7) is 4.64. The number of benzene rings is 1. The lowest BCUT2D eigenvalue weighted by molar-refractivity contribution is 0.0904. The molecule has 4 rings (SSSR count). The minimum atomic E-state index is 0.151. The highest BCUT2D eigenvalue weighted by molar-refractivity contribution is 5.99. The molecule has 0 spiro atoms. The van der Waals surface area contributed by atoms with Crippen LogP contribution in [0.15, 0.2) is 30.3 Å². The standard InChI is InChI=1S/C22H25N3O2/c1-14-9-20(15(2)25(14)18-5-3-16(11-23)4-6-18)22(27)12-24-19-7-8-21(24)17(10-19)13-26/h3-6,9,17,19,21,26H,7-8,10,12-13H2,1-2H3/t17-,19?,21?/m1/s1. The average molecular weight is 363 g/mol. The Morgan fingerprint density at radius 2 is 2.00 bits per heavy atom. The fraction of sp³-hybridized carbons (Fsp3) is 0.455. The van der Waals surface area contributed by atoms with Gasteiger partial charge in [0.05, 0.1) is 18.2 Å². The first-order chi connectivity index (χ1) is 13.0. The van der Waals surface area contributed by atoms with Crippen molar-refractivity contribution in [1.82, 2.24) is 9.47 Å². The van der Waals surface area contributed by atoms with E-state index in [0.717, 1.165) is 41.9 Å². The minimum absolute atomic E-state index is 0.151. The Bertz CT molecular complexity index is 907. The van der Waals surface area contributed by atoms with Crippen LogP contribution in [0.5, 0.6) is 0 Å². The molecule has 2 fully saturated rings. The number of carbonyl (C=O) groups excluding carboxylic acids is 1. The van der Waals surface area contributed by atoms with E-state index in [2.05, 4.69) is 15.5 Å². The van der Waals surface area contributed by atoms with Crippen molar-refractivity contribution in [3.63, 3.8) is 0 Å². The van der Waals surface area contributed by atoms with Crippen LogP contribution in [0.25, 0.3) is 5.69 Å². The maximum Gasteiger partial charge on any atom is 0.178 e. The zero-order chi connectivity index (χ0) is 19.1. The van der Waals surface area contributed by atoms with Crippen molar-refractivity contribution in [3.8, 4) is 11.8 Å². The summed E-state index contributed by atoms with van der Waals surface area (Å²) in [6.07, 6.45) is 3.24. The van der Waals surface area contributed by atoms with Gasteiger partial charge in [-0.15, -0.1) is 0 Å². The normalized spacial score (nSPS) is 24.3. The Hall–Kier alpha value is -2.42. The molecule has 0 saturated carbocycles. The number of nitrogens with zero attached hydrogens (tertiary/aromatic N) is 3. The molecule has 1 N–H and O–H groups in total. The molecular formula is C22H25N3O2. The molecule has 2 aromatic rings. The van der Waals surface area contributed by atoms with Crippen molar-refractivity contribution in [2.75, 3.05) is 13.2 Å². The van der Waals surface area contributed by atoms with Crippen LogP contribution >= 0.6 is 0 Å². The highest BCUT2D eigenvalue weighted by Crippen LogP contribution is 2.41. The quantitative estimate of drug-likeness (QED) is 0.829. The molecule has 2 unspecified atom stereocenters. The van der Waals surface area contributed by atoms with Gasteiger partial charge in [0.15, 0.2) is 5.78 Å². The molecule has 5 nitrogen and oxygen atoms in total. The predicted molar refractivity (Wildman–Crippen MR) is 103 cm³/mol. The second-order valence-electron chi connectivity index (χ2n) is 7.85. The second-order valence-corrected chi connectivity index (χ2v) is 7.85. The van der Waals surface area contributed by atoms with Crippen LogP contribution in [-0.2, 0) is 0 Å². The van der Waals surface area contributed by atoms with E-state index >= 15 is 0 Å². The SMILES string of the molecule is Cc1cc(C(=O)CN2C3CCC2[C@@H](CO)C3)c(C)n1-c1ccc(C#N)cc1. The van der Waals surface area contributed by atoms with Crippen molar-refractivity contribution in [1.29, 1.82) is 5.26 Å². The first kappa shape index (κ1) is 18.0. The van der Waals surface area contributed by atoms with Crippen molar-refractivity contribution < 1.29 is 9.90 Å². The summed E-state index contributed by atoms with van der Waals surface area (Å²) in [5.41, 5.74) is 4.31. The van der Waals surface area contributed by atoms with Crippen LogP contribution in [0.1, 0.15) is 46.6 Å². The Morgan fingerprint density at radius 3 is 2.63 bits per heavy atom. The third-order valence-corrected chi connectivity index (χ3v) is 6.36. The maximum atomic E-state index is 13.1. The number of fused-ring (bicyclic) bond motifs is 2. The first-order valence-electron chi connectivity index (χ1n) is 9.62. The Morgan fingerprint density at radius 1 is 1.26 bits per heavy atom. The number of aliphatic hydroxyl groups is 1. The number of aliphatic hydroxyl groups excluding tert-OH is 1. The van der Waals surface area contributed by atoms with Gasteiger partial charge in [-0.25, -0.2) is 0 Å². The van der Waals surface area contributed by atoms with Crippen molar-refractivity contribution in [2.45, 2.75) is 45.2 Å². The zero-order valence-electron chi connectivity index (χ0n) is 15.9.